The summed E-state index contributed by atoms with van der Waals surface area (Å²) < 4.78 is 13.4. The van der Waals surface area contributed by atoms with Gasteiger partial charge in [0.1, 0.15) is 5.82 Å². The van der Waals surface area contributed by atoms with Gasteiger partial charge in [0.05, 0.1) is 12.2 Å². The fraction of sp³-hybridized carbons (Fsp3) is 0.333. The van der Waals surface area contributed by atoms with Crippen LogP contribution in [0.1, 0.15) is 6.92 Å². The van der Waals surface area contributed by atoms with Crippen LogP contribution in [0.5, 0.6) is 0 Å². The smallest absolute Gasteiger partial charge is 0.337 e. The number of nitrogens with zero attached hydrogens (tertiary/aromatic N) is 1. The summed E-state index contributed by atoms with van der Waals surface area (Å²) in [6.45, 7) is 0.568. The van der Waals surface area contributed by atoms with E-state index in [0.29, 0.717) is 0 Å². The summed E-state index contributed by atoms with van der Waals surface area (Å²) in [6, 6.07) is 4.94. The van der Waals surface area contributed by atoms with Crippen molar-refractivity contribution in [2.75, 3.05) is 18.5 Å². The molecule has 0 spiro atoms. The quantitative estimate of drug-likeness (QED) is 0.755. The first-order valence-electron chi connectivity index (χ1n) is 5.47. The molecule has 1 unspecified atom stereocenters. The topological polar surface area (TPSA) is 89.9 Å². The molecule has 0 saturated heterocycles. The zero-order valence-electron chi connectivity index (χ0n) is 10.6. The lowest BCUT2D eigenvalue weighted by Crippen LogP contribution is -2.49. The number of carbonyl (C=O) groups excluding carboxylic acids is 1. The Kier molecular flexibility index (Phi) is 4.44. The molecular weight excluding hydrogens is 255 g/mol. The van der Waals surface area contributed by atoms with Gasteiger partial charge in [0.2, 0.25) is 0 Å². The van der Waals surface area contributed by atoms with Crippen molar-refractivity contribution in [1.82, 2.24) is 5.32 Å². The average molecular weight is 270 g/mol. The molecule has 0 fully saturated rings. The lowest BCUT2D eigenvalue weighted by Gasteiger charge is -2.22. The van der Waals surface area contributed by atoms with E-state index in [-0.39, 0.29) is 5.69 Å². The van der Waals surface area contributed by atoms with Crippen LogP contribution in [0.3, 0.4) is 0 Å². The molecule has 0 aromatic heterocycles. The van der Waals surface area contributed by atoms with Gasteiger partial charge in [-0.2, -0.15) is 0 Å². The lowest BCUT2D eigenvalue weighted by atomic mass is 10.1. The maximum absolute atomic E-state index is 13.4. The van der Waals surface area contributed by atoms with Crippen molar-refractivity contribution in [3.63, 3.8) is 0 Å². The molecule has 0 saturated carbocycles. The number of halogens is 1. The van der Waals surface area contributed by atoms with Crippen LogP contribution < -0.4 is 10.2 Å². The first-order valence-corrected chi connectivity index (χ1v) is 5.47. The molecule has 2 amide bonds. The zero-order valence-corrected chi connectivity index (χ0v) is 10.6. The van der Waals surface area contributed by atoms with E-state index in [9.17, 15) is 19.1 Å². The van der Waals surface area contributed by atoms with Gasteiger partial charge in [-0.25, -0.2) is 14.0 Å². The second-order valence-electron chi connectivity index (χ2n) is 4.25. The molecule has 6 nitrogen and oxygen atoms in total. The standard InChI is InChI=1S/C12H15FN2O4/c1-12(19,10(16)17)7-14-11(18)15(2)9-6-4-3-5-8(9)13/h3-6,19H,7H2,1-2H3,(H,14,18)(H,16,17). The molecule has 0 aliphatic carbocycles. The monoisotopic (exact) mass is 270 g/mol. The molecule has 0 radical (unpaired) electrons. The van der Waals surface area contributed by atoms with E-state index in [2.05, 4.69) is 5.32 Å². The van der Waals surface area contributed by atoms with E-state index < -0.39 is 30.0 Å². The van der Waals surface area contributed by atoms with Crippen molar-refractivity contribution < 1.29 is 24.2 Å². The van der Waals surface area contributed by atoms with Crippen LogP contribution in [-0.4, -0.2) is 41.4 Å². The van der Waals surface area contributed by atoms with Crippen LogP contribution in [0, 0.1) is 5.82 Å². The number of aliphatic hydroxyl groups is 1. The molecule has 1 aromatic rings. The SMILES string of the molecule is CN(C(=O)NCC(C)(O)C(=O)O)c1ccccc1F. The van der Waals surface area contributed by atoms with Crippen LogP contribution in [0.4, 0.5) is 14.9 Å². The number of para-hydroxylation sites is 1. The third-order valence-electron chi connectivity index (χ3n) is 2.56. The maximum Gasteiger partial charge on any atom is 0.337 e. The minimum absolute atomic E-state index is 0.0509. The van der Waals surface area contributed by atoms with Crippen LogP contribution in [-0.2, 0) is 4.79 Å². The predicted molar refractivity (Wildman–Crippen MR) is 66.5 cm³/mol. The number of rotatable bonds is 4. The van der Waals surface area contributed by atoms with E-state index in [1.165, 1.54) is 25.2 Å². The summed E-state index contributed by atoms with van der Waals surface area (Å²) in [5, 5.41) is 20.3. The third kappa shape index (κ3) is 3.65. The third-order valence-corrected chi connectivity index (χ3v) is 2.56. The number of carbonyl (C=O) groups is 2. The number of urea groups is 1. The van der Waals surface area contributed by atoms with E-state index in [0.717, 1.165) is 11.8 Å². The van der Waals surface area contributed by atoms with Crippen LogP contribution in [0.25, 0.3) is 0 Å². The molecule has 0 aliphatic rings. The molecule has 1 aromatic carbocycles. The fourth-order valence-electron chi connectivity index (χ4n) is 1.28. The average Bonchev–Trinajstić information content (AvgIpc) is 2.35. The first kappa shape index (κ1) is 14.9. The first-order chi connectivity index (χ1) is 8.75. The van der Waals surface area contributed by atoms with Crippen molar-refractivity contribution in [2.24, 2.45) is 0 Å². The molecule has 0 aliphatic heterocycles. The Balaban J connectivity index is 2.70. The summed E-state index contributed by atoms with van der Waals surface area (Å²) in [5.74, 6) is -2.04. The second kappa shape index (κ2) is 5.66. The number of nitrogens with one attached hydrogen (secondary N) is 1. The normalized spacial score (nSPS) is 13.5. The summed E-state index contributed by atoms with van der Waals surface area (Å²) >= 11 is 0. The van der Waals surface area contributed by atoms with Crippen LogP contribution in [0.15, 0.2) is 24.3 Å². The van der Waals surface area contributed by atoms with Crippen molar-refractivity contribution in [3.05, 3.63) is 30.1 Å². The molecule has 0 bridgehead atoms. The van der Waals surface area contributed by atoms with Gasteiger partial charge >= 0.3 is 12.0 Å². The Labute approximate surface area is 109 Å². The highest BCUT2D eigenvalue weighted by molar-refractivity contribution is 5.92. The van der Waals surface area contributed by atoms with Crippen molar-refractivity contribution in [1.29, 1.82) is 0 Å². The Bertz CT molecular complexity index is 490. The van der Waals surface area contributed by atoms with Gasteiger partial charge in [0.15, 0.2) is 5.60 Å². The fourth-order valence-corrected chi connectivity index (χ4v) is 1.28. The molecule has 3 N–H and O–H groups in total. The molecule has 1 atom stereocenters. The number of benzene rings is 1. The summed E-state index contributed by atoms with van der Waals surface area (Å²) in [5.41, 5.74) is -2.03. The van der Waals surface area contributed by atoms with Gasteiger partial charge in [-0.15, -0.1) is 0 Å². The number of amides is 2. The molecule has 7 heteroatoms. The lowest BCUT2D eigenvalue weighted by molar-refractivity contribution is -0.155. The van der Waals surface area contributed by atoms with Gasteiger partial charge in [-0.1, -0.05) is 12.1 Å². The number of aliphatic carboxylic acids is 1. The van der Waals surface area contributed by atoms with E-state index >= 15 is 0 Å². The number of hydrogen-bond acceptors (Lipinski definition) is 3. The van der Waals surface area contributed by atoms with Crippen molar-refractivity contribution in [3.8, 4) is 0 Å². The Morgan fingerprint density at radius 3 is 2.53 bits per heavy atom. The zero-order chi connectivity index (χ0) is 14.6. The molecule has 1 rings (SSSR count). The molecule has 104 valence electrons. The molecular formula is C12H15FN2O4. The number of carboxylic acid groups (broad SMARTS) is 1. The van der Waals surface area contributed by atoms with Gasteiger partial charge < -0.3 is 15.5 Å². The van der Waals surface area contributed by atoms with E-state index in [1.54, 1.807) is 6.07 Å². The highest BCUT2D eigenvalue weighted by atomic mass is 19.1. The minimum Gasteiger partial charge on any atom is -0.479 e. The van der Waals surface area contributed by atoms with Gasteiger partial charge in [0, 0.05) is 7.05 Å². The van der Waals surface area contributed by atoms with Gasteiger partial charge in [-0.3, -0.25) is 4.90 Å². The maximum atomic E-state index is 13.4. The van der Waals surface area contributed by atoms with Crippen molar-refractivity contribution in [2.45, 2.75) is 12.5 Å². The molecule has 0 heterocycles. The summed E-state index contributed by atoms with van der Waals surface area (Å²) in [6.07, 6.45) is 0. The number of carboxylic acids is 1. The Hall–Kier alpha value is -2.15. The Morgan fingerprint density at radius 1 is 1.42 bits per heavy atom. The Morgan fingerprint density at radius 2 is 2.00 bits per heavy atom. The summed E-state index contributed by atoms with van der Waals surface area (Å²) in [7, 11) is 1.34. The molecule has 19 heavy (non-hydrogen) atoms. The van der Waals surface area contributed by atoms with E-state index in [1.807, 2.05) is 0 Å². The van der Waals surface area contributed by atoms with Crippen LogP contribution >= 0.6 is 0 Å². The highest BCUT2D eigenvalue weighted by Crippen LogP contribution is 2.17. The highest BCUT2D eigenvalue weighted by Gasteiger charge is 2.30. The van der Waals surface area contributed by atoms with Crippen LogP contribution in [0.2, 0.25) is 0 Å². The van der Waals surface area contributed by atoms with Gasteiger partial charge in [0.25, 0.3) is 0 Å². The minimum atomic E-state index is -2.08. The number of anilines is 1. The second-order valence-corrected chi connectivity index (χ2v) is 4.25. The largest absolute Gasteiger partial charge is 0.479 e. The number of hydrogen-bond donors (Lipinski definition) is 3. The predicted octanol–water partition coefficient (Wildman–Crippen LogP) is 0.807. The van der Waals surface area contributed by atoms with Gasteiger partial charge in [-0.05, 0) is 19.1 Å². The van der Waals surface area contributed by atoms with E-state index in [4.69, 9.17) is 5.11 Å². The van der Waals surface area contributed by atoms with Crippen molar-refractivity contribution >= 4 is 17.7 Å². The summed E-state index contributed by atoms with van der Waals surface area (Å²) in [4.78, 5) is 23.4.